The summed E-state index contributed by atoms with van der Waals surface area (Å²) in [5.41, 5.74) is 0.257. The van der Waals surface area contributed by atoms with E-state index < -0.39 is 15.6 Å². The van der Waals surface area contributed by atoms with Crippen LogP contribution in [0.5, 0.6) is 0 Å². The number of fused-ring (bicyclic) bond motifs is 1. The van der Waals surface area contributed by atoms with Gasteiger partial charge in [-0.3, -0.25) is 14.2 Å². The molecule has 0 radical (unpaired) electrons. The monoisotopic (exact) mass is 691 g/mol. The molecule has 2 aliphatic heterocycles. The summed E-state index contributed by atoms with van der Waals surface area (Å²) in [6, 6.07) is 13.8. The zero-order valence-corrected chi connectivity index (χ0v) is 26.1. The average Bonchev–Trinajstić information content (AvgIpc) is 3.69. The van der Waals surface area contributed by atoms with Gasteiger partial charge in [-0.2, -0.15) is 4.31 Å². The minimum atomic E-state index is -4.12. The molecule has 2 aromatic heterocycles. The zero-order valence-electron chi connectivity index (χ0n) is 22.2. The van der Waals surface area contributed by atoms with E-state index in [1.165, 1.54) is 32.5 Å². The van der Waals surface area contributed by atoms with E-state index >= 15 is 0 Å². The van der Waals surface area contributed by atoms with E-state index in [1.807, 2.05) is 24.3 Å². The molecule has 2 aromatic carbocycles. The summed E-state index contributed by atoms with van der Waals surface area (Å²) in [4.78, 5) is 34.4. The average molecular weight is 693 g/mol. The Hall–Kier alpha value is -3.16. The second-order valence-corrected chi connectivity index (χ2v) is 14.0. The lowest BCUT2D eigenvalue weighted by Crippen LogP contribution is -2.51. The van der Waals surface area contributed by atoms with Crippen molar-refractivity contribution >= 4 is 72.6 Å². The predicted octanol–water partition coefficient (Wildman–Crippen LogP) is 5.33. The van der Waals surface area contributed by atoms with Gasteiger partial charge in [0.05, 0.1) is 23.7 Å². The molecule has 0 unspecified atom stereocenters. The summed E-state index contributed by atoms with van der Waals surface area (Å²) in [6.45, 7) is 2.27. The Bertz CT molecular complexity index is 1770. The molecule has 1 atom stereocenters. The van der Waals surface area contributed by atoms with Crippen LogP contribution in [-0.4, -0.2) is 65.2 Å². The van der Waals surface area contributed by atoms with E-state index in [4.69, 9.17) is 27.6 Å². The number of rotatable bonds is 6. The van der Waals surface area contributed by atoms with Crippen molar-refractivity contribution in [2.75, 3.05) is 31.1 Å². The van der Waals surface area contributed by atoms with Crippen LogP contribution >= 0.6 is 39.1 Å². The topological polar surface area (TPSA) is 109 Å². The number of imidazole rings is 1. The second kappa shape index (κ2) is 10.8. The van der Waals surface area contributed by atoms with Crippen LogP contribution < -0.4 is 4.90 Å². The Morgan fingerprint density at radius 2 is 1.71 bits per heavy atom. The first-order chi connectivity index (χ1) is 20.0. The quantitative estimate of drug-likeness (QED) is 0.270. The van der Waals surface area contributed by atoms with Crippen molar-refractivity contribution in [3.05, 3.63) is 92.9 Å². The number of nitrogens with zero attached hydrogens (tertiary/aromatic N) is 5. The molecule has 6 rings (SSSR count). The van der Waals surface area contributed by atoms with Crippen molar-refractivity contribution in [3.63, 3.8) is 0 Å². The summed E-state index contributed by atoms with van der Waals surface area (Å²) in [5.74, 6) is -0.460. The van der Waals surface area contributed by atoms with Gasteiger partial charge in [-0.25, -0.2) is 18.3 Å². The van der Waals surface area contributed by atoms with Gasteiger partial charge in [-0.05, 0) is 48.9 Å². The standard InChI is InChI=1S/C28H24BrCl2N5O5S/c1-28(15-18-2-4-20(29)5-3-18)26(38)35(23-13-21(30)12-22(31)14-23)27-32-16-24(36(27)28)42(39,40)34-9-7-33(8-10-34)25(37)19-6-11-41-17-19/h2-6,11-14,16-17H,7-10,15H2,1H3/t28-/m1/s1. The Morgan fingerprint density at radius 3 is 2.33 bits per heavy atom. The van der Waals surface area contributed by atoms with Gasteiger partial charge < -0.3 is 9.32 Å². The predicted molar refractivity (Wildman–Crippen MR) is 161 cm³/mol. The van der Waals surface area contributed by atoms with Crippen LogP contribution in [0.25, 0.3) is 0 Å². The smallest absolute Gasteiger partial charge is 0.260 e. The molecule has 1 fully saturated rings. The molecule has 0 aliphatic carbocycles. The first-order valence-electron chi connectivity index (χ1n) is 12.9. The van der Waals surface area contributed by atoms with Crippen molar-refractivity contribution in [2.45, 2.75) is 23.9 Å². The number of furan rings is 1. The number of amides is 2. The van der Waals surface area contributed by atoms with Crippen LogP contribution in [0.2, 0.25) is 10.0 Å². The van der Waals surface area contributed by atoms with Crippen molar-refractivity contribution < 1.29 is 22.4 Å². The SMILES string of the molecule is C[C@@]1(Cc2ccc(Br)cc2)C(=O)N(c2cc(Cl)cc(Cl)c2)c2ncc(S(=O)(=O)N3CCN(C(=O)c4ccoc4)CC3)n21. The number of piperazine rings is 1. The summed E-state index contributed by atoms with van der Waals surface area (Å²) in [5, 5.41) is 0.525. The van der Waals surface area contributed by atoms with Gasteiger partial charge in [0, 0.05) is 47.1 Å². The Balaban J connectivity index is 1.38. The Labute approximate surface area is 260 Å². The molecule has 218 valence electrons. The molecule has 0 N–H and O–H groups in total. The highest BCUT2D eigenvalue weighted by Crippen LogP contribution is 2.45. The molecule has 2 amide bonds. The molecular weight excluding hydrogens is 669 g/mol. The number of carbonyl (C=O) groups is 2. The van der Waals surface area contributed by atoms with Crippen LogP contribution in [-0.2, 0) is 26.8 Å². The van der Waals surface area contributed by atoms with Crippen molar-refractivity contribution in [2.24, 2.45) is 0 Å². The first kappa shape index (κ1) is 28.9. The Kier molecular flexibility index (Phi) is 7.47. The summed E-state index contributed by atoms with van der Waals surface area (Å²) in [7, 11) is -4.12. The molecule has 0 spiro atoms. The maximum atomic E-state index is 14.2. The highest BCUT2D eigenvalue weighted by Gasteiger charge is 2.52. The summed E-state index contributed by atoms with van der Waals surface area (Å²) in [6.07, 6.45) is 4.26. The normalized spacial score (nSPS) is 19.4. The lowest BCUT2D eigenvalue weighted by molar-refractivity contribution is -0.124. The van der Waals surface area contributed by atoms with Crippen LogP contribution in [0.3, 0.4) is 0 Å². The number of benzene rings is 2. The lowest BCUT2D eigenvalue weighted by Gasteiger charge is -2.34. The molecule has 42 heavy (non-hydrogen) atoms. The molecular formula is C28H24BrCl2N5O5S. The molecule has 2 aliphatic rings. The number of carbonyl (C=O) groups excluding carboxylic acids is 2. The number of hydrogen-bond acceptors (Lipinski definition) is 6. The van der Waals surface area contributed by atoms with Gasteiger partial charge >= 0.3 is 0 Å². The van der Waals surface area contributed by atoms with Gasteiger partial charge in [-0.1, -0.05) is 51.3 Å². The van der Waals surface area contributed by atoms with E-state index in [0.29, 0.717) is 21.3 Å². The second-order valence-electron chi connectivity index (χ2n) is 10.3. The van der Waals surface area contributed by atoms with Gasteiger partial charge in [0.1, 0.15) is 11.8 Å². The van der Waals surface area contributed by atoms with E-state index in [9.17, 15) is 18.0 Å². The maximum Gasteiger partial charge on any atom is 0.260 e. The molecule has 1 saturated heterocycles. The Morgan fingerprint density at radius 1 is 1.05 bits per heavy atom. The fourth-order valence-corrected chi connectivity index (χ4v) is 7.83. The van der Waals surface area contributed by atoms with Crippen LogP contribution in [0.15, 0.2) is 81.2 Å². The molecule has 10 nitrogen and oxygen atoms in total. The van der Waals surface area contributed by atoms with Crippen molar-refractivity contribution in [3.8, 4) is 0 Å². The molecule has 4 aromatic rings. The maximum absolute atomic E-state index is 14.2. The molecule has 4 heterocycles. The van der Waals surface area contributed by atoms with E-state index in [1.54, 1.807) is 36.1 Å². The van der Waals surface area contributed by atoms with E-state index in [0.717, 1.165) is 10.0 Å². The number of anilines is 2. The molecule has 14 heteroatoms. The van der Waals surface area contributed by atoms with Crippen molar-refractivity contribution in [1.82, 2.24) is 18.8 Å². The highest BCUT2D eigenvalue weighted by atomic mass is 79.9. The van der Waals surface area contributed by atoms with Crippen LogP contribution in [0, 0.1) is 0 Å². The largest absolute Gasteiger partial charge is 0.472 e. The third kappa shape index (κ3) is 4.94. The lowest BCUT2D eigenvalue weighted by atomic mass is 9.92. The third-order valence-corrected chi connectivity index (χ3v) is 10.4. The van der Waals surface area contributed by atoms with E-state index in [2.05, 4.69) is 20.9 Å². The number of sulfonamides is 1. The number of aromatic nitrogens is 2. The zero-order chi connectivity index (χ0) is 29.8. The molecule has 0 saturated carbocycles. The van der Waals surface area contributed by atoms with Crippen molar-refractivity contribution in [1.29, 1.82) is 0 Å². The fraction of sp³-hybridized carbons (Fsp3) is 0.250. The van der Waals surface area contributed by atoms with Gasteiger partial charge in [0.25, 0.3) is 21.8 Å². The minimum Gasteiger partial charge on any atom is -0.472 e. The molecule has 0 bridgehead atoms. The fourth-order valence-electron chi connectivity index (χ4n) is 5.45. The number of halogens is 3. The first-order valence-corrected chi connectivity index (χ1v) is 15.9. The minimum absolute atomic E-state index is 0.0808. The summed E-state index contributed by atoms with van der Waals surface area (Å²) < 4.78 is 36.9. The number of hydrogen-bond donors (Lipinski definition) is 0. The van der Waals surface area contributed by atoms with Crippen LogP contribution in [0.1, 0.15) is 22.8 Å². The van der Waals surface area contributed by atoms with Crippen LogP contribution in [0.4, 0.5) is 11.6 Å². The third-order valence-electron chi connectivity index (χ3n) is 7.53. The highest BCUT2D eigenvalue weighted by molar-refractivity contribution is 9.10. The van der Waals surface area contributed by atoms with Gasteiger partial charge in [0.2, 0.25) is 5.95 Å². The van der Waals surface area contributed by atoms with Gasteiger partial charge in [-0.15, -0.1) is 0 Å². The summed E-state index contributed by atoms with van der Waals surface area (Å²) >= 11 is 16.0. The van der Waals surface area contributed by atoms with Gasteiger partial charge in [0.15, 0.2) is 5.03 Å². The van der Waals surface area contributed by atoms with E-state index in [-0.39, 0.29) is 55.4 Å².